The fraction of sp³-hybridized carbons (Fsp3) is 0. The molecule has 5 nitrogen and oxygen atoms in total. The van der Waals surface area contributed by atoms with Gasteiger partial charge in [-0.1, -0.05) is 24.3 Å². The van der Waals surface area contributed by atoms with E-state index in [1.807, 2.05) is 0 Å². The minimum absolute atomic E-state index is 0.558. The van der Waals surface area contributed by atoms with Crippen molar-refractivity contribution in [2.75, 3.05) is 0 Å². The number of carbonyl (C=O) groups is 2. The van der Waals surface area contributed by atoms with Crippen molar-refractivity contribution in [3.63, 3.8) is 0 Å². The lowest BCUT2D eigenvalue weighted by Crippen LogP contribution is -1.91. The van der Waals surface area contributed by atoms with E-state index in [-0.39, 0.29) is 0 Å². The molecule has 0 bridgehead atoms. The Morgan fingerprint density at radius 3 is 2.19 bits per heavy atom. The number of benzene rings is 1. The lowest BCUT2D eigenvalue weighted by molar-refractivity contribution is -0.134. The summed E-state index contributed by atoms with van der Waals surface area (Å²) in [4.78, 5) is 19.1. The van der Waals surface area contributed by atoms with E-state index in [0.29, 0.717) is 12.2 Å². The predicted octanol–water partition coefficient (Wildman–Crippen LogP) is 2.80. The highest BCUT2D eigenvalue weighted by Crippen LogP contribution is 2.18. The molecule has 2 N–H and O–H groups in total. The molecule has 0 saturated heterocycles. The number of nitrogens with zero attached hydrogens (tertiary/aromatic N) is 1. The van der Waals surface area contributed by atoms with Crippen LogP contribution in [0.1, 0.15) is 0 Å². The Labute approximate surface area is 120 Å². The van der Waals surface area contributed by atoms with E-state index >= 15 is 0 Å². The summed E-state index contributed by atoms with van der Waals surface area (Å²) < 4.78 is 2.20. The molecule has 0 spiro atoms. The van der Waals surface area contributed by atoms with Crippen LogP contribution in [0, 0.1) is 0 Å². The lowest BCUT2D eigenvalue weighted by atomic mass is 10.2. The van der Waals surface area contributed by atoms with Gasteiger partial charge in [0.25, 0.3) is 0 Å². The summed E-state index contributed by atoms with van der Waals surface area (Å²) in [7, 11) is 0. The zero-order valence-corrected chi connectivity index (χ0v) is 11.0. The smallest absolute Gasteiger partial charge is 0.328 e. The topological polar surface area (TPSA) is 79.0 Å². The van der Waals surface area contributed by atoms with Crippen LogP contribution in [0.2, 0.25) is 0 Å². The zero-order valence-electron chi connectivity index (χ0n) is 11.0. The highest BCUT2D eigenvalue weighted by atomic mass is 16.4. The normalized spacial score (nSPS) is 10.5. The molecule has 2 aromatic heterocycles. The van der Waals surface area contributed by atoms with Crippen LogP contribution >= 0.6 is 0 Å². The fourth-order valence-corrected chi connectivity index (χ4v) is 1.92. The summed E-state index contributed by atoms with van der Waals surface area (Å²) in [5, 5.41) is 16.9. The highest BCUT2D eigenvalue weighted by molar-refractivity contribution is 5.89. The lowest BCUT2D eigenvalue weighted by Gasteiger charge is -1.94. The van der Waals surface area contributed by atoms with Crippen molar-refractivity contribution >= 4 is 28.4 Å². The van der Waals surface area contributed by atoms with Crippen LogP contribution in [0.3, 0.4) is 0 Å². The van der Waals surface area contributed by atoms with Gasteiger partial charge >= 0.3 is 11.9 Å². The van der Waals surface area contributed by atoms with E-state index in [1.165, 1.54) is 16.4 Å². The molecule has 0 aliphatic heterocycles. The van der Waals surface area contributed by atoms with Crippen molar-refractivity contribution in [1.82, 2.24) is 4.40 Å². The maximum absolute atomic E-state index is 9.55. The molecule has 0 fully saturated rings. The summed E-state index contributed by atoms with van der Waals surface area (Å²) in [6.45, 7) is 0. The molecule has 21 heavy (non-hydrogen) atoms. The van der Waals surface area contributed by atoms with Gasteiger partial charge in [0.2, 0.25) is 0 Å². The number of pyridine rings is 1. The van der Waals surface area contributed by atoms with Crippen molar-refractivity contribution in [3.05, 3.63) is 66.9 Å². The maximum Gasteiger partial charge on any atom is 0.328 e. The molecule has 5 heteroatoms. The number of aromatic nitrogens is 1. The quantitative estimate of drug-likeness (QED) is 0.709. The number of para-hydroxylation sites is 1. The predicted molar refractivity (Wildman–Crippen MR) is 79.3 cm³/mol. The fourth-order valence-electron chi connectivity index (χ4n) is 1.92. The minimum Gasteiger partial charge on any atom is -0.478 e. The number of hydrogen-bond donors (Lipinski definition) is 2. The Morgan fingerprint density at radius 1 is 0.905 bits per heavy atom. The van der Waals surface area contributed by atoms with E-state index in [1.54, 1.807) is 0 Å². The Kier molecular flexibility index (Phi) is 4.36. The molecule has 1 aromatic carbocycles. The standard InChI is InChI=1S/C12H9N.C4H4O4/c1-2-7-12-10(5-1)9-11-6-3-4-8-13(11)12;5-3(6)1-2-4(7)8/h1-9H;1-2H,(H,5,6)(H,7,8)/b;2-1-. The van der Waals surface area contributed by atoms with E-state index in [0.717, 1.165) is 0 Å². The van der Waals surface area contributed by atoms with E-state index in [2.05, 4.69) is 59.1 Å². The van der Waals surface area contributed by atoms with Crippen LogP contribution in [0.15, 0.2) is 66.9 Å². The Balaban J connectivity index is 0.000000177. The van der Waals surface area contributed by atoms with Crippen molar-refractivity contribution < 1.29 is 19.8 Å². The van der Waals surface area contributed by atoms with Gasteiger partial charge in [-0.15, -0.1) is 0 Å². The molecule has 3 aromatic rings. The SMILES string of the molecule is O=C(O)/C=C\C(=O)O.c1ccc2c(c1)cc1ccccn12. The average molecular weight is 283 g/mol. The van der Waals surface area contributed by atoms with Crippen molar-refractivity contribution in [2.45, 2.75) is 0 Å². The molecular formula is C16H13NO4. The zero-order chi connectivity index (χ0) is 15.2. The first-order chi connectivity index (χ1) is 10.1. The number of aliphatic carboxylic acids is 2. The number of carboxylic acids is 2. The second-order valence-corrected chi connectivity index (χ2v) is 4.21. The highest BCUT2D eigenvalue weighted by Gasteiger charge is 1.98. The van der Waals surface area contributed by atoms with Crippen LogP contribution in [-0.2, 0) is 9.59 Å². The molecular weight excluding hydrogens is 270 g/mol. The van der Waals surface area contributed by atoms with E-state index in [9.17, 15) is 9.59 Å². The second-order valence-electron chi connectivity index (χ2n) is 4.21. The summed E-state index contributed by atoms with van der Waals surface area (Å²) in [6.07, 6.45) is 3.21. The molecule has 0 unspecified atom stereocenters. The van der Waals surface area contributed by atoms with Crippen LogP contribution in [0.4, 0.5) is 0 Å². The monoisotopic (exact) mass is 283 g/mol. The first-order valence-electron chi connectivity index (χ1n) is 6.16. The van der Waals surface area contributed by atoms with Gasteiger partial charge < -0.3 is 14.6 Å². The van der Waals surface area contributed by atoms with E-state index < -0.39 is 11.9 Å². The number of rotatable bonds is 2. The molecule has 0 atom stereocenters. The molecule has 106 valence electrons. The van der Waals surface area contributed by atoms with Crippen LogP contribution in [-0.4, -0.2) is 26.6 Å². The molecule has 0 saturated carbocycles. The first-order valence-corrected chi connectivity index (χ1v) is 6.16. The Morgan fingerprint density at radius 2 is 1.52 bits per heavy atom. The van der Waals surface area contributed by atoms with Crippen molar-refractivity contribution in [3.8, 4) is 0 Å². The van der Waals surface area contributed by atoms with Gasteiger partial charge in [-0.05, 0) is 24.3 Å². The molecule has 0 amide bonds. The molecule has 3 rings (SSSR count). The number of fused-ring (bicyclic) bond motifs is 3. The summed E-state index contributed by atoms with van der Waals surface area (Å²) in [5.74, 6) is -2.51. The minimum atomic E-state index is -1.26. The average Bonchev–Trinajstić information content (AvgIpc) is 2.84. The molecule has 0 aliphatic carbocycles. The summed E-state index contributed by atoms with van der Waals surface area (Å²) in [6, 6.07) is 16.9. The maximum atomic E-state index is 9.55. The molecule has 0 aliphatic rings. The van der Waals surface area contributed by atoms with Crippen LogP contribution in [0.5, 0.6) is 0 Å². The molecule has 0 radical (unpaired) electrons. The van der Waals surface area contributed by atoms with Gasteiger partial charge in [0, 0.05) is 29.3 Å². The second kappa shape index (κ2) is 6.38. The number of carboxylic acid groups (broad SMARTS) is 2. The third-order valence-electron chi connectivity index (χ3n) is 2.76. The third-order valence-corrected chi connectivity index (χ3v) is 2.76. The number of hydrogen-bond acceptors (Lipinski definition) is 2. The Hall–Kier alpha value is -3.08. The van der Waals surface area contributed by atoms with Gasteiger partial charge in [-0.2, -0.15) is 0 Å². The van der Waals surface area contributed by atoms with Crippen molar-refractivity contribution in [2.24, 2.45) is 0 Å². The van der Waals surface area contributed by atoms with Gasteiger partial charge in [-0.3, -0.25) is 0 Å². The summed E-state index contributed by atoms with van der Waals surface area (Å²) in [5.41, 5.74) is 2.53. The Bertz CT molecular complexity index is 751. The van der Waals surface area contributed by atoms with Gasteiger partial charge in [0.05, 0.1) is 5.52 Å². The van der Waals surface area contributed by atoms with E-state index in [4.69, 9.17) is 10.2 Å². The van der Waals surface area contributed by atoms with Gasteiger partial charge in [0.15, 0.2) is 0 Å². The van der Waals surface area contributed by atoms with Crippen LogP contribution < -0.4 is 0 Å². The van der Waals surface area contributed by atoms with Gasteiger partial charge in [-0.25, -0.2) is 9.59 Å². The van der Waals surface area contributed by atoms with Crippen LogP contribution in [0.25, 0.3) is 16.4 Å². The van der Waals surface area contributed by atoms with Gasteiger partial charge in [0.1, 0.15) is 0 Å². The largest absolute Gasteiger partial charge is 0.478 e. The molecule has 2 heterocycles. The third kappa shape index (κ3) is 3.70. The van der Waals surface area contributed by atoms with Crippen molar-refractivity contribution in [1.29, 1.82) is 0 Å². The summed E-state index contributed by atoms with van der Waals surface area (Å²) >= 11 is 0. The first kappa shape index (κ1) is 14.3.